The quantitative estimate of drug-likeness (QED) is 0.411. The minimum absolute atomic E-state index is 0. The summed E-state index contributed by atoms with van der Waals surface area (Å²) in [7, 11) is 0. The van der Waals surface area contributed by atoms with Gasteiger partial charge in [-0.2, -0.15) is 0 Å². The van der Waals surface area contributed by atoms with Crippen LogP contribution in [-0.2, 0) is 9.59 Å². The van der Waals surface area contributed by atoms with Crippen molar-refractivity contribution in [3.63, 3.8) is 0 Å². The van der Waals surface area contributed by atoms with Crippen LogP contribution in [0.15, 0.2) is 11.1 Å². The molecule has 0 aromatic heterocycles. The molecule has 0 atom stereocenters. The van der Waals surface area contributed by atoms with Gasteiger partial charge in [0.1, 0.15) is 0 Å². The largest absolute Gasteiger partial charge is 1.00 e. The van der Waals surface area contributed by atoms with Gasteiger partial charge < -0.3 is 24.9 Å². The summed E-state index contributed by atoms with van der Waals surface area (Å²) in [4.78, 5) is 22.3. The summed E-state index contributed by atoms with van der Waals surface area (Å²) in [5.41, 5.74) is -0.340. The van der Waals surface area contributed by atoms with Crippen LogP contribution in [0.25, 0.3) is 0 Å². The summed E-state index contributed by atoms with van der Waals surface area (Å²) in [6, 6.07) is 0. The van der Waals surface area contributed by atoms with Gasteiger partial charge in [0.15, 0.2) is 0 Å². The van der Waals surface area contributed by atoms with E-state index >= 15 is 0 Å². The Labute approximate surface area is 163 Å². The zero-order valence-electron chi connectivity index (χ0n) is 12.6. The molecule has 0 bridgehead atoms. The van der Waals surface area contributed by atoms with Crippen LogP contribution in [0.2, 0.25) is 0 Å². The maximum atomic E-state index is 11.2. The zero-order valence-corrected chi connectivity index (χ0v) is 16.6. The van der Waals surface area contributed by atoms with Gasteiger partial charge in [0, 0.05) is 0 Å². The van der Waals surface area contributed by atoms with Gasteiger partial charge in [0.25, 0.3) is 0 Å². The topological polar surface area (TPSA) is 100 Å². The molecule has 0 aromatic carbocycles. The Kier molecular flexibility index (Phi) is 11.9. The Balaban J connectivity index is 0. The summed E-state index contributed by atoms with van der Waals surface area (Å²) in [6.07, 6.45) is 1.48. The minimum Gasteiger partial charge on any atom is -0.545 e. The van der Waals surface area contributed by atoms with E-state index in [1.807, 2.05) is 0 Å². The van der Waals surface area contributed by atoms with Crippen molar-refractivity contribution >= 4 is 11.9 Å². The molecule has 1 fully saturated rings. The molecule has 0 saturated heterocycles. The molecule has 5 nitrogen and oxygen atoms in total. The molecule has 7 heteroatoms. The predicted molar refractivity (Wildman–Crippen MR) is 59.8 cm³/mol. The van der Waals surface area contributed by atoms with Crippen molar-refractivity contribution in [2.24, 2.45) is 11.8 Å². The molecule has 0 heterocycles. The number of aliphatic hydroxyl groups excluding tert-OH is 1. The second-order valence-electron chi connectivity index (χ2n) is 5.06. The van der Waals surface area contributed by atoms with Crippen LogP contribution in [0.5, 0.6) is 0 Å². The van der Waals surface area contributed by atoms with E-state index in [1.165, 1.54) is 0 Å². The standard InChI is InChI=1S/C13H20O5.2Na/c1-7(2)10(12(15)16)11(13(17)18)8-3-5-9(14)6-4-8;;/h7-9,14H,3-6H2,1-2H3,(H,15,16)(H,17,18);;/q;2*+1/p-2/t8-,9+;;. The smallest absolute Gasteiger partial charge is 0.545 e. The van der Waals surface area contributed by atoms with E-state index in [2.05, 4.69) is 0 Å². The molecule has 1 aliphatic rings. The number of hydrogen-bond donors (Lipinski definition) is 1. The molecule has 0 amide bonds. The van der Waals surface area contributed by atoms with Crippen molar-refractivity contribution < 1.29 is 84.0 Å². The molecule has 0 spiro atoms. The fourth-order valence-electron chi connectivity index (χ4n) is 2.52. The Morgan fingerprint density at radius 1 is 1.00 bits per heavy atom. The first-order valence-corrected chi connectivity index (χ1v) is 6.19. The monoisotopic (exact) mass is 300 g/mol. The average molecular weight is 300 g/mol. The first kappa shape index (κ1) is 22.9. The molecule has 1 N–H and O–H groups in total. The molecule has 1 rings (SSSR count). The van der Waals surface area contributed by atoms with Gasteiger partial charge in [-0.25, -0.2) is 0 Å². The van der Waals surface area contributed by atoms with Crippen LogP contribution in [-0.4, -0.2) is 23.1 Å². The van der Waals surface area contributed by atoms with Crippen molar-refractivity contribution in [3.05, 3.63) is 11.1 Å². The van der Waals surface area contributed by atoms with E-state index in [9.17, 15) is 24.9 Å². The van der Waals surface area contributed by atoms with Crippen LogP contribution >= 0.6 is 0 Å². The summed E-state index contributed by atoms with van der Waals surface area (Å²) < 4.78 is 0. The predicted octanol–water partition coefficient (Wildman–Crippen LogP) is -7.00. The molecular weight excluding hydrogens is 282 g/mol. The van der Waals surface area contributed by atoms with Crippen molar-refractivity contribution in [3.8, 4) is 0 Å². The number of aliphatic hydroxyl groups is 1. The van der Waals surface area contributed by atoms with Crippen molar-refractivity contribution in [2.75, 3.05) is 0 Å². The molecule has 1 aliphatic carbocycles. The zero-order chi connectivity index (χ0) is 13.9. The average Bonchev–Trinajstić information content (AvgIpc) is 2.25. The van der Waals surface area contributed by atoms with Crippen molar-refractivity contribution in [1.29, 1.82) is 0 Å². The molecular formula is C13H18Na2O5. The molecule has 1 saturated carbocycles. The van der Waals surface area contributed by atoms with E-state index in [-0.39, 0.29) is 76.2 Å². The third-order valence-corrected chi connectivity index (χ3v) is 3.41. The third kappa shape index (κ3) is 6.18. The van der Waals surface area contributed by atoms with E-state index in [4.69, 9.17) is 0 Å². The second kappa shape index (κ2) is 10.4. The minimum atomic E-state index is -1.45. The molecule has 20 heavy (non-hydrogen) atoms. The van der Waals surface area contributed by atoms with Gasteiger partial charge in [0.05, 0.1) is 18.0 Å². The number of carbonyl (C=O) groups is 2. The summed E-state index contributed by atoms with van der Waals surface area (Å²) in [5.74, 6) is -3.69. The molecule has 0 unspecified atom stereocenters. The van der Waals surface area contributed by atoms with Gasteiger partial charge in [-0.15, -0.1) is 0 Å². The van der Waals surface area contributed by atoms with Crippen LogP contribution in [0.3, 0.4) is 0 Å². The Hall–Kier alpha value is 0.640. The number of rotatable bonds is 4. The molecule has 0 aliphatic heterocycles. The van der Waals surface area contributed by atoms with E-state index in [1.54, 1.807) is 13.8 Å². The maximum absolute atomic E-state index is 11.2. The van der Waals surface area contributed by atoms with E-state index in [0.717, 1.165) is 0 Å². The molecule has 0 radical (unpaired) electrons. The fraction of sp³-hybridized carbons (Fsp3) is 0.692. The van der Waals surface area contributed by atoms with Crippen LogP contribution in [0, 0.1) is 11.8 Å². The Morgan fingerprint density at radius 3 is 1.75 bits per heavy atom. The summed E-state index contributed by atoms with van der Waals surface area (Å²) in [5, 5.41) is 31.7. The van der Waals surface area contributed by atoms with Crippen molar-refractivity contribution in [1.82, 2.24) is 0 Å². The Morgan fingerprint density at radius 2 is 1.45 bits per heavy atom. The Bertz CT molecular complexity index is 371. The van der Waals surface area contributed by atoms with Crippen LogP contribution in [0.1, 0.15) is 39.5 Å². The van der Waals surface area contributed by atoms with Gasteiger partial charge in [0.2, 0.25) is 0 Å². The molecule has 102 valence electrons. The fourth-order valence-corrected chi connectivity index (χ4v) is 2.52. The van der Waals surface area contributed by atoms with Crippen molar-refractivity contribution in [2.45, 2.75) is 45.6 Å². The number of hydrogen-bond acceptors (Lipinski definition) is 5. The van der Waals surface area contributed by atoms with E-state index < -0.39 is 24.0 Å². The van der Waals surface area contributed by atoms with Gasteiger partial charge in [-0.3, -0.25) is 0 Å². The first-order valence-electron chi connectivity index (χ1n) is 6.19. The number of carboxylic acids is 2. The SMILES string of the molecule is CC(C)C(C(=O)[O-])=C(C(=O)[O-])[C@H]1CC[C@@H](O)CC1.[Na+].[Na+]. The first-order chi connectivity index (χ1) is 8.34. The van der Waals surface area contributed by atoms with Gasteiger partial charge >= 0.3 is 59.1 Å². The van der Waals surface area contributed by atoms with Gasteiger partial charge in [-0.1, -0.05) is 13.8 Å². The normalized spacial score (nSPS) is 23.2. The molecule has 0 aromatic rings. The number of carboxylic acid groups (broad SMARTS) is 2. The number of aliphatic carboxylic acids is 2. The summed E-state index contributed by atoms with van der Waals surface area (Å²) in [6.45, 7) is 3.23. The number of carbonyl (C=O) groups excluding carboxylic acids is 2. The van der Waals surface area contributed by atoms with Crippen LogP contribution < -0.4 is 69.3 Å². The van der Waals surface area contributed by atoms with E-state index in [0.29, 0.717) is 25.7 Å². The van der Waals surface area contributed by atoms with Gasteiger partial charge in [-0.05, 0) is 48.7 Å². The summed E-state index contributed by atoms with van der Waals surface area (Å²) >= 11 is 0. The second-order valence-corrected chi connectivity index (χ2v) is 5.06. The third-order valence-electron chi connectivity index (χ3n) is 3.41. The maximum Gasteiger partial charge on any atom is 1.00 e. The van der Waals surface area contributed by atoms with Crippen LogP contribution in [0.4, 0.5) is 0 Å².